The lowest BCUT2D eigenvalue weighted by Crippen LogP contribution is -2.14. The monoisotopic (exact) mass is 260 g/mol. The number of benzene rings is 1. The maximum Gasteiger partial charge on any atom is 0.168 e. The Hall–Kier alpha value is -1.94. The van der Waals surface area contributed by atoms with Gasteiger partial charge in [-0.15, -0.1) is 0 Å². The van der Waals surface area contributed by atoms with Crippen LogP contribution in [0, 0.1) is 12.7 Å². The topological polar surface area (TPSA) is 48.1 Å². The van der Waals surface area contributed by atoms with E-state index in [1.54, 1.807) is 24.4 Å². The lowest BCUT2D eigenvalue weighted by molar-refractivity contribution is 0.383. The van der Waals surface area contributed by atoms with Gasteiger partial charge in [-0.05, 0) is 36.6 Å². The van der Waals surface area contributed by atoms with Crippen molar-refractivity contribution in [3.63, 3.8) is 0 Å². The third kappa shape index (κ3) is 3.09. The summed E-state index contributed by atoms with van der Waals surface area (Å²) >= 11 is 0. The van der Waals surface area contributed by atoms with E-state index in [-0.39, 0.29) is 17.6 Å². The Bertz CT molecular complexity index is 555. The summed E-state index contributed by atoms with van der Waals surface area (Å²) in [4.78, 5) is 4.20. The lowest BCUT2D eigenvalue weighted by atomic mass is 10.0. The number of hydrogen-bond donors (Lipinski definition) is 1. The molecule has 0 fully saturated rings. The first-order chi connectivity index (χ1) is 9.11. The fraction of sp³-hybridized carbons (Fsp3) is 0.267. The maximum atomic E-state index is 14.0. The number of aromatic nitrogens is 1. The van der Waals surface area contributed by atoms with Crippen LogP contribution in [0.5, 0.6) is 5.75 Å². The Labute approximate surface area is 112 Å². The van der Waals surface area contributed by atoms with Crippen molar-refractivity contribution in [2.75, 3.05) is 7.11 Å². The van der Waals surface area contributed by atoms with Gasteiger partial charge in [0, 0.05) is 17.9 Å². The van der Waals surface area contributed by atoms with Crippen LogP contribution in [0.1, 0.15) is 22.9 Å². The first-order valence-corrected chi connectivity index (χ1v) is 6.11. The van der Waals surface area contributed by atoms with Crippen LogP contribution in [0.25, 0.3) is 0 Å². The normalized spacial score (nSPS) is 12.2. The van der Waals surface area contributed by atoms with Crippen molar-refractivity contribution in [1.29, 1.82) is 0 Å². The predicted octanol–water partition coefficient (Wildman–Crippen LogP) is 2.78. The number of hydrogen-bond acceptors (Lipinski definition) is 3. The number of methoxy groups -OCH3 is 1. The van der Waals surface area contributed by atoms with Crippen molar-refractivity contribution in [1.82, 2.24) is 4.98 Å². The Balaban J connectivity index is 2.19. The second kappa shape index (κ2) is 5.80. The van der Waals surface area contributed by atoms with Crippen molar-refractivity contribution in [3.8, 4) is 5.75 Å². The molecule has 2 rings (SSSR count). The highest BCUT2D eigenvalue weighted by atomic mass is 19.1. The molecule has 4 heteroatoms. The molecular weight excluding hydrogens is 243 g/mol. The number of ether oxygens (including phenoxy) is 1. The maximum absolute atomic E-state index is 14.0. The fourth-order valence-corrected chi connectivity index (χ4v) is 1.92. The quantitative estimate of drug-likeness (QED) is 0.919. The summed E-state index contributed by atoms with van der Waals surface area (Å²) in [6, 6.07) is 8.62. The van der Waals surface area contributed by atoms with Crippen LogP contribution in [0.15, 0.2) is 36.5 Å². The van der Waals surface area contributed by atoms with Crippen molar-refractivity contribution >= 4 is 0 Å². The molecule has 1 atom stereocenters. The minimum Gasteiger partial charge on any atom is -0.494 e. The van der Waals surface area contributed by atoms with Gasteiger partial charge >= 0.3 is 0 Å². The second-order valence-corrected chi connectivity index (χ2v) is 4.48. The highest BCUT2D eigenvalue weighted by Crippen LogP contribution is 2.24. The van der Waals surface area contributed by atoms with Gasteiger partial charge in [0.1, 0.15) is 0 Å². The van der Waals surface area contributed by atoms with Crippen LogP contribution in [0.3, 0.4) is 0 Å². The average molecular weight is 260 g/mol. The minimum atomic E-state index is -0.347. The molecule has 1 heterocycles. The van der Waals surface area contributed by atoms with E-state index < -0.39 is 0 Å². The van der Waals surface area contributed by atoms with Crippen molar-refractivity contribution in [3.05, 3.63) is 59.2 Å². The smallest absolute Gasteiger partial charge is 0.168 e. The van der Waals surface area contributed by atoms with E-state index in [9.17, 15) is 4.39 Å². The fourth-order valence-electron chi connectivity index (χ4n) is 1.92. The largest absolute Gasteiger partial charge is 0.494 e. The van der Waals surface area contributed by atoms with E-state index in [1.165, 1.54) is 7.11 Å². The van der Waals surface area contributed by atoms with E-state index >= 15 is 0 Å². The molecule has 100 valence electrons. The van der Waals surface area contributed by atoms with Crippen LogP contribution >= 0.6 is 0 Å². The zero-order chi connectivity index (χ0) is 13.8. The first-order valence-electron chi connectivity index (χ1n) is 6.11. The van der Waals surface area contributed by atoms with E-state index in [0.717, 1.165) is 11.3 Å². The van der Waals surface area contributed by atoms with E-state index in [2.05, 4.69) is 4.98 Å². The van der Waals surface area contributed by atoms with Crippen molar-refractivity contribution in [2.45, 2.75) is 19.4 Å². The minimum absolute atomic E-state index is 0.242. The molecule has 0 spiro atoms. The molecule has 1 aromatic heterocycles. The molecule has 0 aliphatic rings. The average Bonchev–Trinajstić information content (AvgIpc) is 2.42. The molecule has 0 aliphatic heterocycles. The summed E-state index contributed by atoms with van der Waals surface area (Å²) in [5.41, 5.74) is 8.47. The van der Waals surface area contributed by atoms with Crippen LogP contribution in [-0.2, 0) is 6.42 Å². The molecule has 0 amide bonds. The number of rotatable bonds is 4. The first kappa shape index (κ1) is 13.5. The summed E-state index contributed by atoms with van der Waals surface area (Å²) in [6.07, 6.45) is 2.14. The second-order valence-electron chi connectivity index (χ2n) is 4.48. The molecule has 2 N–H and O–H groups in total. The molecule has 1 unspecified atom stereocenters. The Morgan fingerprint density at radius 1 is 1.32 bits per heavy atom. The number of pyridine rings is 1. The molecule has 1 aromatic carbocycles. The van der Waals surface area contributed by atoms with Gasteiger partial charge in [0.05, 0.1) is 7.11 Å². The highest BCUT2D eigenvalue weighted by molar-refractivity contribution is 5.32. The zero-order valence-corrected chi connectivity index (χ0v) is 11.1. The third-order valence-electron chi connectivity index (χ3n) is 3.07. The SMILES string of the molecule is COc1cccc(CC(N)c2ccc(C)nc2)c1F. The molecule has 0 saturated heterocycles. The molecule has 2 aromatic rings. The summed E-state index contributed by atoms with van der Waals surface area (Å²) < 4.78 is 19.0. The summed E-state index contributed by atoms with van der Waals surface area (Å²) in [5.74, 6) is -0.104. The zero-order valence-electron chi connectivity index (χ0n) is 11.1. The van der Waals surface area contributed by atoms with Crippen molar-refractivity contribution < 1.29 is 9.13 Å². The highest BCUT2D eigenvalue weighted by Gasteiger charge is 2.13. The van der Waals surface area contributed by atoms with Gasteiger partial charge in [0.15, 0.2) is 11.6 Å². The van der Waals surface area contributed by atoms with E-state index in [1.807, 2.05) is 19.1 Å². The van der Waals surface area contributed by atoms with Gasteiger partial charge in [-0.1, -0.05) is 18.2 Å². The van der Waals surface area contributed by atoms with Gasteiger partial charge in [-0.3, -0.25) is 4.98 Å². The summed E-state index contributed by atoms with van der Waals surface area (Å²) in [7, 11) is 1.45. The number of nitrogens with two attached hydrogens (primary N) is 1. The predicted molar refractivity (Wildman–Crippen MR) is 72.6 cm³/mol. The van der Waals surface area contributed by atoms with E-state index in [0.29, 0.717) is 12.0 Å². The van der Waals surface area contributed by atoms with Crippen molar-refractivity contribution in [2.24, 2.45) is 5.73 Å². The molecule has 0 aliphatic carbocycles. The summed E-state index contributed by atoms with van der Waals surface area (Å²) in [5, 5.41) is 0. The van der Waals surface area contributed by atoms with Gasteiger partial charge in [-0.2, -0.15) is 0 Å². The van der Waals surface area contributed by atoms with Gasteiger partial charge < -0.3 is 10.5 Å². The number of halogens is 1. The summed E-state index contributed by atoms with van der Waals surface area (Å²) in [6.45, 7) is 1.91. The van der Waals surface area contributed by atoms with Crippen LogP contribution in [-0.4, -0.2) is 12.1 Å². The van der Waals surface area contributed by atoms with Crippen LogP contribution in [0.4, 0.5) is 4.39 Å². The molecule has 19 heavy (non-hydrogen) atoms. The van der Waals surface area contributed by atoms with Gasteiger partial charge in [-0.25, -0.2) is 4.39 Å². The Morgan fingerprint density at radius 2 is 2.11 bits per heavy atom. The number of aryl methyl sites for hydroxylation is 1. The van der Waals surface area contributed by atoms with E-state index in [4.69, 9.17) is 10.5 Å². The van der Waals surface area contributed by atoms with Crippen LogP contribution < -0.4 is 10.5 Å². The third-order valence-corrected chi connectivity index (χ3v) is 3.07. The lowest BCUT2D eigenvalue weighted by Gasteiger charge is -2.13. The van der Waals surface area contributed by atoms with Crippen LogP contribution in [0.2, 0.25) is 0 Å². The Morgan fingerprint density at radius 3 is 2.74 bits per heavy atom. The molecule has 3 nitrogen and oxygen atoms in total. The molecule has 0 saturated carbocycles. The van der Waals surface area contributed by atoms with Gasteiger partial charge in [0.25, 0.3) is 0 Å². The molecule has 0 bridgehead atoms. The number of nitrogens with zero attached hydrogens (tertiary/aromatic N) is 1. The van der Waals surface area contributed by atoms with Gasteiger partial charge in [0.2, 0.25) is 0 Å². The molecular formula is C15H17FN2O. The standard InChI is InChI=1S/C15H17FN2O/c1-10-6-7-12(9-18-10)13(17)8-11-4-3-5-14(19-2)15(11)16/h3-7,9,13H,8,17H2,1-2H3. The Kier molecular flexibility index (Phi) is 4.12. The molecule has 0 radical (unpaired) electrons.